The number of halogens is 1. The fourth-order valence-electron chi connectivity index (χ4n) is 7.64. The number of ether oxygens (including phenoxy) is 1. The Kier molecular flexibility index (Phi) is 12.9. The summed E-state index contributed by atoms with van der Waals surface area (Å²) in [5.41, 5.74) is 1.46. The van der Waals surface area contributed by atoms with Gasteiger partial charge in [-0.3, -0.25) is 24.0 Å². The van der Waals surface area contributed by atoms with Crippen LogP contribution in [0.2, 0.25) is 5.02 Å². The van der Waals surface area contributed by atoms with E-state index in [1.54, 1.807) is 12.1 Å². The predicted octanol–water partition coefficient (Wildman–Crippen LogP) is 5.26. The van der Waals surface area contributed by atoms with Crippen LogP contribution in [0, 0.1) is 18.3 Å². The largest absolute Gasteiger partial charge is 0.472 e. The van der Waals surface area contributed by atoms with Crippen LogP contribution in [0.1, 0.15) is 97.5 Å². The third-order valence-corrected chi connectivity index (χ3v) is 11.1. The van der Waals surface area contributed by atoms with Crippen LogP contribution in [0.15, 0.2) is 40.9 Å². The summed E-state index contributed by atoms with van der Waals surface area (Å²) in [5, 5.41) is 12.3. The van der Waals surface area contributed by atoms with Crippen molar-refractivity contribution in [1.82, 2.24) is 30.8 Å². The SMILES string of the molecule is CCC[C@H](NC(=O)[C@@H]1C[C@@H](Oc2ccc(Cl)cn2)CN1C(=O)[C@@H](NC(=O)[C@@H](Nc1nc2c(C)cccc2o1)C1CCCCC1)C(C)(C)C)C(=O)C(=O)NC1CC1. The number of rotatable bonds is 15. The molecule has 2 aliphatic carbocycles. The van der Waals surface area contributed by atoms with Crippen LogP contribution in [0.4, 0.5) is 6.01 Å². The minimum atomic E-state index is -1.07. The number of amides is 4. The molecule has 1 aliphatic heterocycles. The molecule has 4 amide bonds. The number of carbonyl (C=O) groups is 5. The maximum Gasteiger partial charge on any atom is 0.296 e. The van der Waals surface area contributed by atoms with Crippen LogP contribution in [0.5, 0.6) is 5.88 Å². The van der Waals surface area contributed by atoms with E-state index in [4.69, 9.17) is 20.8 Å². The number of fused-ring (bicyclic) bond motifs is 1. The van der Waals surface area contributed by atoms with Crippen molar-refractivity contribution < 1.29 is 33.1 Å². The minimum absolute atomic E-state index is 0.00476. The first-order valence-electron chi connectivity index (χ1n) is 19.9. The lowest BCUT2D eigenvalue weighted by atomic mass is 9.82. The summed E-state index contributed by atoms with van der Waals surface area (Å²) in [6, 6.07) is 5.15. The van der Waals surface area contributed by atoms with Crippen molar-refractivity contribution in [3.63, 3.8) is 0 Å². The molecule has 6 rings (SSSR count). The molecule has 2 aromatic heterocycles. The van der Waals surface area contributed by atoms with E-state index in [0.29, 0.717) is 22.5 Å². The Balaban J connectivity index is 1.25. The number of carbonyl (C=O) groups excluding carboxylic acids is 5. The van der Waals surface area contributed by atoms with Gasteiger partial charge in [0.15, 0.2) is 5.58 Å². The summed E-state index contributed by atoms with van der Waals surface area (Å²) < 4.78 is 12.2. The number of benzene rings is 1. The van der Waals surface area contributed by atoms with E-state index in [2.05, 4.69) is 31.2 Å². The average molecular weight is 792 g/mol. The highest BCUT2D eigenvalue weighted by molar-refractivity contribution is 6.38. The van der Waals surface area contributed by atoms with Gasteiger partial charge in [-0.15, -0.1) is 0 Å². The van der Waals surface area contributed by atoms with E-state index in [1.807, 2.05) is 52.8 Å². The Morgan fingerprint density at radius 3 is 2.41 bits per heavy atom. The van der Waals surface area contributed by atoms with Gasteiger partial charge in [0, 0.05) is 24.7 Å². The number of Topliss-reactive ketones (excluding diaryl/α,β-unsaturated/α-hetero) is 1. The number of para-hydroxylation sites is 1. The Morgan fingerprint density at radius 2 is 1.77 bits per heavy atom. The van der Waals surface area contributed by atoms with Crippen LogP contribution in [-0.4, -0.2) is 87.1 Å². The molecule has 1 aromatic carbocycles. The number of hydrogen-bond acceptors (Lipinski definition) is 10. The number of pyridine rings is 1. The van der Waals surface area contributed by atoms with E-state index in [0.717, 1.165) is 50.5 Å². The molecule has 56 heavy (non-hydrogen) atoms. The molecule has 2 saturated carbocycles. The van der Waals surface area contributed by atoms with Crippen molar-refractivity contribution >= 4 is 58.1 Å². The van der Waals surface area contributed by atoms with Gasteiger partial charge in [-0.2, -0.15) is 4.98 Å². The van der Waals surface area contributed by atoms with Gasteiger partial charge in [0.2, 0.25) is 29.4 Å². The zero-order chi connectivity index (χ0) is 40.1. The second kappa shape index (κ2) is 17.6. The lowest BCUT2D eigenvalue weighted by molar-refractivity contribution is -0.145. The van der Waals surface area contributed by atoms with E-state index < -0.39 is 59.2 Å². The van der Waals surface area contributed by atoms with E-state index in [9.17, 15) is 24.0 Å². The molecular formula is C41H54ClN7O7. The second-order valence-electron chi connectivity index (χ2n) is 16.5. The van der Waals surface area contributed by atoms with E-state index in [1.165, 1.54) is 11.1 Å². The van der Waals surface area contributed by atoms with Gasteiger partial charge in [0.05, 0.1) is 17.6 Å². The molecule has 1 saturated heterocycles. The highest BCUT2D eigenvalue weighted by Crippen LogP contribution is 2.32. The third-order valence-electron chi connectivity index (χ3n) is 10.9. The Hall–Kier alpha value is -4.72. The number of aryl methyl sites for hydroxylation is 1. The van der Waals surface area contributed by atoms with Crippen molar-refractivity contribution in [1.29, 1.82) is 0 Å². The topological polar surface area (TPSA) is 185 Å². The highest BCUT2D eigenvalue weighted by Gasteiger charge is 2.47. The monoisotopic (exact) mass is 791 g/mol. The molecule has 4 N–H and O–H groups in total. The molecule has 14 nitrogen and oxygen atoms in total. The molecule has 3 aliphatic rings. The van der Waals surface area contributed by atoms with Crippen molar-refractivity contribution in [2.75, 3.05) is 11.9 Å². The fraction of sp³-hybridized carbons (Fsp3) is 0.585. The third kappa shape index (κ3) is 9.98. The van der Waals surface area contributed by atoms with Crippen molar-refractivity contribution in [3.8, 4) is 5.88 Å². The number of nitrogens with one attached hydrogen (secondary N) is 4. The summed E-state index contributed by atoms with van der Waals surface area (Å²) in [5.74, 6) is -2.67. The standard InChI is InChI=1S/C41H54ClN7O7/c1-6-11-28(34(50)38(53)44-26-17-18-26)45-36(51)29-20-27(55-31-19-16-25(42)21-43-31)22-49(29)39(54)35(41(3,4)5)48-37(52)33(24-13-8-7-9-14-24)47-40-46-32-23(2)12-10-15-30(32)56-40/h10,12,15-16,19,21,24,26-29,33,35H,6-9,11,13-14,17-18,20,22H2,1-5H3,(H,44,53)(H,45,51)(H,46,47)(H,48,52)/t27-,28+,29+,33+,35-/m1/s1. The molecule has 5 atom stereocenters. The zero-order valence-electron chi connectivity index (χ0n) is 32.9. The number of oxazole rings is 1. The maximum absolute atomic E-state index is 14.8. The maximum atomic E-state index is 14.8. The molecule has 0 bridgehead atoms. The van der Waals surface area contributed by atoms with Gasteiger partial charge < -0.3 is 35.3 Å². The molecule has 302 valence electrons. The number of nitrogens with zero attached hydrogens (tertiary/aromatic N) is 3. The second-order valence-corrected chi connectivity index (χ2v) is 17.0. The first-order chi connectivity index (χ1) is 26.7. The first kappa shape index (κ1) is 40.9. The number of anilines is 1. The summed E-state index contributed by atoms with van der Waals surface area (Å²) >= 11 is 6.04. The number of aromatic nitrogens is 2. The molecule has 0 radical (unpaired) electrons. The number of hydrogen-bond donors (Lipinski definition) is 4. The van der Waals surface area contributed by atoms with Gasteiger partial charge in [-0.25, -0.2) is 4.98 Å². The van der Waals surface area contributed by atoms with Gasteiger partial charge in [-0.1, -0.05) is 77.1 Å². The lowest BCUT2D eigenvalue weighted by Gasteiger charge is -2.37. The Labute approximate surface area is 332 Å². The summed E-state index contributed by atoms with van der Waals surface area (Å²) in [6.45, 7) is 9.37. The first-order valence-corrected chi connectivity index (χ1v) is 20.3. The van der Waals surface area contributed by atoms with Gasteiger partial charge in [-0.05, 0) is 68.1 Å². The Bertz CT molecular complexity index is 1900. The molecule has 0 unspecified atom stereocenters. The van der Waals surface area contributed by atoms with Gasteiger partial charge >= 0.3 is 0 Å². The molecule has 3 heterocycles. The zero-order valence-corrected chi connectivity index (χ0v) is 33.6. The molecule has 3 fully saturated rings. The van der Waals surface area contributed by atoms with Gasteiger partial charge in [0.25, 0.3) is 11.9 Å². The van der Waals surface area contributed by atoms with Crippen LogP contribution in [0.25, 0.3) is 11.1 Å². The normalized spacial score (nSPS) is 20.5. The van der Waals surface area contributed by atoms with E-state index in [-0.39, 0.29) is 49.1 Å². The van der Waals surface area contributed by atoms with Crippen LogP contribution >= 0.6 is 11.6 Å². The molecule has 0 spiro atoms. The molecular weight excluding hydrogens is 738 g/mol. The lowest BCUT2D eigenvalue weighted by Crippen LogP contribution is -2.61. The minimum Gasteiger partial charge on any atom is -0.472 e. The smallest absolute Gasteiger partial charge is 0.296 e. The van der Waals surface area contributed by atoms with Crippen LogP contribution in [0.3, 0.4) is 0 Å². The predicted molar refractivity (Wildman–Crippen MR) is 211 cm³/mol. The Morgan fingerprint density at radius 1 is 1.02 bits per heavy atom. The van der Waals surface area contributed by atoms with Crippen molar-refractivity contribution in [2.24, 2.45) is 11.3 Å². The molecule has 15 heteroatoms. The highest BCUT2D eigenvalue weighted by atomic mass is 35.5. The van der Waals surface area contributed by atoms with Crippen LogP contribution < -0.4 is 26.0 Å². The van der Waals surface area contributed by atoms with Gasteiger partial charge in [0.1, 0.15) is 29.7 Å². The van der Waals surface area contributed by atoms with Crippen LogP contribution in [-0.2, 0) is 24.0 Å². The quantitative estimate of drug-likeness (QED) is 0.148. The summed E-state index contributed by atoms with van der Waals surface area (Å²) in [7, 11) is 0. The average Bonchev–Trinajstić information content (AvgIpc) is 3.71. The molecule has 3 aromatic rings. The van der Waals surface area contributed by atoms with E-state index >= 15 is 0 Å². The fourth-order valence-corrected chi connectivity index (χ4v) is 7.75. The van der Waals surface area contributed by atoms with Crippen molar-refractivity contribution in [3.05, 3.63) is 47.1 Å². The summed E-state index contributed by atoms with van der Waals surface area (Å²) in [6.07, 6.45) is 7.94. The number of likely N-dealkylation sites (tertiary alicyclic amines) is 1. The van der Waals surface area contributed by atoms with Crippen molar-refractivity contribution in [2.45, 2.75) is 135 Å². The number of ketones is 1. The summed E-state index contributed by atoms with van der Waals surface area (Å²) in [4.78, 5) is 79.8.